The molecule has 0 unspecified atom stereocenters. The van der Waals surface area contributed by atoms with Crippen LogP contribution < -0.4 is 14.2 Å². The summed E-state index contributed by atoms with van der Waals surface area (Å²) < 4.78 is 41.1. The summed E-state index contributed by atoms with van der Waals surface area (Å²) in [7, 11) is 1.01. The van der Waals surface area contributed by atoms with Crippen LogP contribution in [0.5, 0.6) is 17.4 Å². The van der Waals surface area contributed by atoms with Crippen LogP contribution in [-0.2, 0) is 10.1 Å². The van der Waals surface area contributed by atoms with Gasteiger partial charge in [0.15, 0.2) is 5.75 Å². The van der Waals surface area contributed by atoms with Gasteiger partial charge in [-0.05, 0) is 6.92 Å². The van der Waals surface area contributed by atoms with E-state index >= 15 is 0 Å². The van der Waals surface area contributed by atoms with E-state index in [-0.39, 0.29) is 0 Å². The predicted molar refractivity (Wildman–Crippen MR) is 66.1 cm³/mol. The lowest BCUT2D eigenvalue weighted by molar-refractivity contribution is 0.315. The Morgan fingerprint density at radius 2 is 1.67 bits per heavy atom. The Labute approximate surface area is 106 Å². The largest absolute Gasteiger partial charge is 0.493 e. The molecule has 1 heterocycles. The molecular formula is C10H17NO6S. The standard InChI is InChI=1S/C9H13NO3.CH4O3S/c1-6-5-7(11-2)8(12-3)9(10-6)13-4;1-5(2,3)4/h5H,1-4H3;1H3,(H,2,3,4). The van der Waals surface area contributed by atoms with E-state index in [1.54, 1.807) is 27.4 Å². The third-order valence-corrected chi connectivity index (χ3v) is 1.65. The molecule has 1 rings (SSSR count). The van der Waals surface area contributed by atoms with Crippen LogP contribution in [0.1, 0.15) is 5.69 Å². The quantitative estimate of drug-likeness (QED) is 0.822. The second kappa shape index (κ2) is 7.02. The van der Waals surface area contributed by atoms with Gasteiger partial charge < -0.3 is 14.2 Å². The number of pyridine rings is 1. The zero-order valence-corrected chi connectivity index (χ0v) is 11.7. The highest BCUT2D eigenvalue weighted by atomic mass is 32.2. The zero-order valence-electron chi connectivity index (χ0n) is 10.9. The average molecular weight is 279 g/mol. The Bertz CT molecular complexity index is 452. The fourth-order valence-corrected chi connectivity index (χ4v) is 1.08. The summed E-state index contributed by atoms with van der Waals surface area (Å²) in [6, 6.07) is 1.79. The van der Waals surface area contributed by atoms with Crippen molar-refractivity contribution in [3.8, 4) is 17.4 Å². The normalized spacial score (nSPS) is 10.1. The smallest absolute Gasteiger partial charge is 0.261 e. The molecule has 1 N–H and O–H groups in total. The van der Waals surface area contributed by atoms with Crippen LogP contribution in [0, 0.1) is 6.92 Å². The van der Waals surface area contributed by atoms with Crippen LogP contribution in [0.25, 0.3) is 0 Å². The summed E-state index contributed by atoms with van der Waals surface area (Å²) in [5.74, 6) is 1.60. The number of aromatic nitrogens is 1. The molecule has 104 valence electrons. The molecule has 18 heavy (non-hydrogen) atoms. The molecule has 1 aromatic rings. The SMILES string of the molecule is COc1cc(C)nc(OC)c1OC.CS(=O)(=O)O. The van der Waals surface area contributed by atoms with Gasteiger partial charge in [0.05, 0.1) is 27.6 Å². The number of rotatable bonds is 3. The number of hydrogen-bond donors (Lipinski definition) is 1. The van der Waals surface area contributed by atoms with Crippen molar-refractivity contribution >= 4 is 10.1 Å². The van der Waals surface area contributed by atoms with Gasteiger partial charge >= 0.3 is 0 Å². The van der Waals surface area contributed by atoms with Gasteiger partial charge in [-0.2, -0.15) is 8.42 Å². The molecule has 0 radical (unpaired) electrons. The van der Waals surface area contributed by atoms with Crippen LogP contribution in [0.2, 0.25) is 0 Å². The first-order chi connectivity index (χ1) is 8.22. The second-order valence-electron chi connectivity index (χ2n) is 3.24. The number of methoxy groups -OCH3 is 3. The summed E-state index contributed by atoms with van der Waals surface area (Å²) in [5.41, 5.74) is 0.828. The molecule has 0 amide bonds. The predicted octanol–water partition coefficient (Wildman–Crippen LogP) is 0.920. The molecule has 0 fully saturated rings. The molecule has 0 aliphatic heterocycles. The molecule has 0 saturated heterocycles. The zero-order chi connectivity index (χ0) is 14.3. The molecule has 1 aromatic heterocycles. The van der Waals surface area contributed by atoms with Gasteiger partial charge in [0, 0.05) is 11.8 Å². The van der Waals surface area contributed by atoms with Crippen molar-refractivity contribution in [3.05, 3.63) is 11.8 Å². The van der Waals surface area contributed by atoms with Gasteiger partial charge in [-0.1, -0.05) is 0 Å². The fourth-order valence-electron chi connectivity index (χ4n) is 1.08. The van der Waals surface area contributed by atoms with Gasteiger partial charge in [-0.3, -0.25) is 4.55 Å². The number of ether oxygens (including phenoxy) is 3. The van der Waals surface area contributed by atoms with Gasteiger partial charge in [0.25, 0.3) is 16.0 Å². The summed E-state index contributed by atoms with van der Waals surface area (Å²) in [6.07, 6.45) is 0.715. The summed E-state index contributed by atoms with van der Waals surface area (Å²) in [6.45, 7) is 1.87. The van der Waals surface area contributed by atoms with E-state index in [4.69, 9.17) is 18.8 Å². The summed E-state index contributed by atoms with van der Waals surface area (Å²) in [4.78, 5) is 4.14. The minimum absolute atomic E-state index is 0.444. The maximum atomic E-state index is 9.19. The molecule has 0 aliphatic rings. The Balaban J connectivity index is 0.000000494. The molecule has 0 aromatic carbocycles. The van der Waals surface area contributed by atoms with E-state index in [1.807, 2.05) is 6.92 Å². The van der Waals surface area contributed by atoms with E-state index in [2.05, 4.69) is 4.98 Å². The Hall–Kier alpha value is -1.54. The maximum Gasteiger partial charge on any atom is 0.261 e. The van der Waals surface area contributed by atoms with Crippen molar-refractivity contribution in [1.82, 2.24) is 4.98 Å². The van der Waals surface area contributed by atoms with Crippen molar-refractivity contribution in [1.29, 1.82) is 0 Å². The van der Waals surface area contributed by atoms with E-state index in [0.29, 0.717) is 23.6 Å². The van der Waals surface area contributed by atoms with E-state index in [9.17, 15) is 8.42 Å². The van der Waals surface area contributed by atoms with Crippen molar-refractivity contribution < 1.29 is 27.2 Å². The second-order valence-corrected chi connectivity index (χ2v) is 4.71. The van der Waals surface area contributed by atoms with Crippen LogP contribution in [0.15, 0.2) is 6.07 Å². The third-order valence-electron chi connectivity index (χ3n) is 1.65. The number of nitrogens with zero attached hydrogens (tertiary/aromatic N) is 1. The van der Waals surface area contributed by atoms with Gasteiger partial charge in [-0.25, -0.2) is 4.98 Å². The first-order valence-electron chi connectivity index (χ1n) is 4.79. The van der Waals surface area contributed by atoms with Gasteiger partial charge in [0.1, 0.15) is 0 Å². The molecule has 0 bridgehead atoms. The summed E-state index contributed by atoms with van der Waals surface area (Å²) in [5, 5.41) is 0. The molecule has 0 atom stereocenters. The van der Waals surface area contributed by atoms with Crippen molar-refractivity contribution in [2.75, 3.05) is 27.6 Å². The van der Waals surface area contributed by atoms with Crippen LogP contribution in [-0.4, -0.2) is 45.5 Å². The van der Waals surface area contributed by atoms with Crippen molar-refractivity contribution in [3.63, 3.8) is 0 Å². The highest BCUT2D eigenvalue weighted by Gasteiger charge is 2.12. The monoisotopic (exact) mass is 279 g/mol. The molecule has 0 aliphatic carbocycles. The fraction of sp³-hybridized carbons (Fsp3) is 0.500. The highest BCUT2D eigenvalue weighted by molar-refractivity contribution is 7.85. The summed E-state index contributed by atoms with van der Waals surface area (Å²) >= 11 is 0. The van der Waals surface area contributed by atoms with Crippen molar-refractivity contribution in [2.45, 2.75) is 6.92 Å². The minimum Gasteiger partial charge on any atom is -0.493 e. The van der Waals surface area contributed by atoms with Crippen LogP contribution >= 0.6 is 0 Å². The molecule has 7 nitrogen and oxygen atoms in total. The van der Waals surface area contributed by atoms with Gasteiger partial charge in [0.2, 0.25) is 5.75 Å². The number of aryl methyl sites for hydroxylation is 1. The van der Waals surface area contributed by atoms with Gasteiger partial charge in [-0.15, -0.1) is 0 Å². The first kappa shape index (κ1) is 16.5. The molecular weight excluding hydrogens is 262 g/mol. The highest BCUT2D eigenvalue weighted by Crippen LogP contribution is 2.35. The number of hydrogen-bond acceptors (Lipinski definition) is 6. The van der Waals surface area contributed by atoms with Crippen LogP contribution in [0.3, 0.4) is 0 Å². The topological polar surface area (TPSA) is 95.0 Å². The maximum absolute atomic E-state index is 9.19. The molecule has 0 spiro atoms. The lowest BCUT2D eigenvalue weighted by Gasteiger charge is -2.11. The van der Waals surface area contributed by atoms with Crippen LogP contribution in [0.4, 0.5) is 0 Å². The Morgan fingerprint density at radius 1 is 1.17 bits per heavy atom. The lowest BCUT2D eigenvalue weighted by atomic mass is 10.3. The van der Waals surface area contributed by atoms with E-state index < -0.39 is 10.1 Å². The first-order valence-corrected chi connectivity index (χ1v) is 6.63. The van der Waals surface area contributed by atoms with Crippen molar-refractivity contribution in [2.24, 2.45) is 0 Å². The van der Waals surface area contributed by atoms with E-state index in [1.165, 1.54) is 0 Å². The average Bonchev–Trinajstić information content (AvgIpc) is 2.25. The molecule has 8 heteroatoms. The third kappa shape index (κ3) is 6.26. The lowest BCUT2D eigenvalue weighted by Crippen LogP contribution is -1.98. The molecule has 0 saturated carbocycles. The van der Waals surface area contributed by atoms with E-state index in [0.717, 1.165) is 5.69 Å². The Morgan fingerprint density at radius 3 is 2.00 bits per heavy atom. The minimum atomic E-state index is -3.67. The Kier molecular flexibility index (Phi) is 6.42.